The Morgan fingerprint density at radius 3 is 2.50 bits per heavy atom. The van der Waals surface area contributed by atoms with Crippen LogP contribution in [-0.4, -0.2) is 12.7 Å². The highest BCUT2D eigenvalue weighted by Crippen LogP contribution is 2.10. The predicted octanol–water partition coefficient (Wildman–Crippen LogP) is 3.32. The summed E-state index contributed by atoms with van der Waals surface area (Å²) in [4.78, 5) is 0. The molecule has 70 valence electrons. The lowest BCUT2D eigenvalue weighted by atomic mass is 10.1. The van der Waals surface area contributed by atoms with E-state index in [-0.39, 0.29) is 5.60 Å². The van der Waals surface area contributed by atoms with Crippen LogP contribution in [0.15, 0.2) is 24.8 Å². The van der Waals surface area contributed by atoms with Crippen LogP contribution in [0.5, 0.6) is 0 Å². The summed E-state index contributed by atoms with van der Waals surface area (Å²) in [7, 11) is 1.73. The van der Waals surface area contributed by atoms with Crippen molar-refractivity contribution in [2.24, 2.45) is 0 Å². The van der Waals surface area contributed by atoms with Gasteiger partial charge in [-0.3, -0.25) is 0 Å². The minimum absolute atomic E-state index is 0.117. The van der Waals surface area contributed by atoms with E-state index in [0.717, 1.165) is 12.8 Å². The van der Waals surface area contributed by atoms with Crippen LogP contribution in [0.3, 0.4) is 0 Å². The van der Waals surface area contributed by atoms with E-state index >= 15 is 0 Å². The lowest BCUT2D eigenvalue weighted by Crippen LogP contribution is -2.18. The van der Waals surface area contributed by atoms with Crippen molar-refractivity contribution in [3.8, 4) is 0 Å². The number of unbranched alkanes of at least 4 members (excludes halogenated alkanes) is 2. The average Bonchev–Trinajstić information content (AvgIpc) is 2.04. The van der Waals surface area contributed by atoms with Crippen molar-refractivity contribution in [3.05, 3.63) is 24.8 Å². The van der Waals surface area contributed by atoms with Crippen LogP contribution in [0, 0.1) is 0 Å². The van der Waals surface area contributed by atoms with Crippen LogP contribution in [0.2, 0.25) is 0 Å². The Morgan fingerprint density at radius 2 is 2.00 bits per heavy atom. The van der Waals surface area contributed by atoms with E-state index in [0.29, 0.717) is 0 Å². The first-order chi connectivity index (χ1) is 5.62. The highest BCUT2D eigenvalue weighted by Gasteiger charge is 2.09. The standard InChI is InChI=1S/C11H20O/c1-5-6-7-8-9-10-11(2,3)12-4/h5,9-10H,1,6-8H2,2-4H3. The largest absolute Gasteiger partial charge is 0.375 e. The van der Waals surface area contributed by atoms with Gasteiger partial charge in [0.1, 0.15) is 0 Å². The Bertz CT molecular complexity index is 145. The lowest BCUT2D eigenvalue weighted by molar-refractivity contribution is 0.0653. The molecule has 0 aromatic carbocycles. The van der Waals surface area contributed by atoms with Crippen LogP contribution in [0.1, 0.15) is 33.1 Å². The van der Waals surface area contributed by atoms with Crippen LogP contribution in [0.4, 0.5) is 0 Å². The molecule has 1 nitrogen and oxygen atoms in total. The van der Waals surface area contributed by atoms with Gasteiger partial charge in [-0.2, -0.15) is 0 Å². The Hall–Kier alpha value is -0.560. The smallest absolute Gasteiger partial charge is 0.0802 e. The fourth-order valence-corrected chi connectivity index (χ4v) is 0.815. The number of hydrogen-bond acceptors (Lipinski definition) is 1. The molecular formula is C11H20O. The fourth-order valence-electron chi connectivity index (χ4n) is 0.815. The minimum Gasteiger partial charge on any atom is -0.375 e. The third-order valence-electron chi connectivity index (χ3n) is 1.82. The zero-order valence-corrected chi connectivity index (χ0v) is 8.47. The summed E-state index contributed by atoms with van der Waals surface area (Å²) in [5.41, 5.74) is -0.117. The van der Waals surface area contributed by atoms with Crippen molar-refractivity contribution in [2.45, 2.75) is 38.7 Å². The zero-order chi connectivity index (χ0) is 9.45. The monoisotopic (exact) mass is 168 g/mol. The highest BCUT2D eigenvalue weighted by atomic mass is 16.5. The van der Waals surface area contributed by atoms with E-state index in [1.54, 1.807) is 7.11 Å². The summed E-state index contributed by atoms with van der Waals surface area (Å²) in [5, 5.41) is 0. The molecular weight excluding hydrogens is 148 g/mol. The molecule has 0 aliphatic heterocycles. The van der Waals surface area contributed by atoms with Gasteiger partial charge in [0.15, 0.2) is 0 Å². The van der Waals surface area contributed by atoms with Gasteiger partial charge in [0.25, 0.3) is 0 Å². The summed E-state index contributed by atoms with van der Waals surface area (Å²) in [6.45, 7) is 7.78. The Morgan fingerprint density at radius 1 is 1.33 bits per heavy atom. The molecule has 0 aliphatic carbocycles. The van der Waals surface area contributed by atoms with Crippen molar-refractivity contribution in [3.63, 3.8) is 0 Å². The first kappa shape index (κ1) is 11.4. The van der Waals surface area contributed by atoms with Gasteiger partial charge in [-0.15, -0.1) is 6.58 Å². The SMILES string of the molecule is C=CCCCC=CC(C)(C)OC. The molecule has 0 aliphatic rings. The molecule has 0 fully saturated rings. The molecule has 1 heteroatoms. The summed E-state index contributed by atoms with van der Waals surface area (Å²) >= 11 is 0. The molecule has 0 heterocycles. The average molecular weight is 168 g/mol. The highest BCUT2D eigenvalue weighted by molar-refractivity contribution is 4.96. The van der Waals surface area contributed by atoms with E-state index in [1.165, 1.54) is 6.42 Å². The molecule has 0 N–H and O–H groups in total. The van der Waals surface area contributed by atoms with Crippen molar-refractivity contribution >= 4 is 0 Å². The van der Waals surface area contributed by atoms with E-state index in [2.05, 4.69) is 32.6 Å². The molecule has 0 saturated carbocycles. The number of methoxy groups -OCH3 is 1. The second kappa shape index (κ2) is 6.01. The fraction of sp³-hybridized carbons (Fsp3) is 0.636. The molecule has 0 unspecified atom stereocenters. The number of rotatable bonds is 6. The Balaban J connectivity index is 3.53. The van der Waals surface area contributed by atoms with Crippen molar-refractivity contribution in [2.75, 3.05) is 7.11 Å². The maximum atomic E-state index is 5.24. The van der Waals surface area contributed by atoms with Gasteiger partial charge in [-0.1, -0.05) is 18.2 Å². The summed E-state index contributed by atoms with van der Waals surface area (Å²) in [6.07, 6.45) is 9.62. The van der Waals surface area contributed by atoms with Gasteiger partial charge in [-0.25, -0.2) is 0 Å². The molecule has 0 atom stereocenters. The second-order valence-corrected chi connectivity index (χ2v) is 3.43. The van der Waals surface area contributed by atoms with Crippen LogP contribution < -0.4 is 0 Å². The van der Waals surface area contributed by atoms with Crippen molar-refractivity contribution in [1.29, 1.82) is 0 Å². The summed E-state index contributed by atoms with van der Waals surface area (Å²) in [6, 6.07) is 0. The molecule has 0 saturated heterocycles. The molecule has 0 rings (SSSR count). The first-order valence-electron chi connectivity index (χ1n) is 4.46. The second-order valence-electron chi connectivity index (χ2n) is 3.43. The Labute approximate surface area is 76.1 Å². The van der Waals surface area contributed by atoms with Crippen molar-refractivity contribution < 1.29 is 4.74 Å². The van der Waals surface area contributed by atoms with Crippen LogP contribution >= 0.6 is 0 Å². The predicted molar refractivity (Wildman–Crippen MR) is 54.3 cm³/mol. The van der Waals surface area contributed by atoms with Crippen LogP contribution in [-0.2, 0) is 4.74 Å². The number of hydrogen-bond donors (Lipinski definition) is 0. The number of allylic oxidation sites excluding steroid dienone is 2. The van der Waals surface area contributed by atoms with Gasteiger partial charge < -0.3 is 4.74 Å². The quantitative estimate of drug-likeness (QED) is 0.436. The van der Waals surface area contributed by atoms with E-state index in [9.17, 15) is 0 Å². The van der Waals surface area contributed by atoms with E-state index < -0.39 is 0 Å². The molecule has 12 heavy (non-hydrogen) atoms. The molecule has 0 aromatic heterocycles. The van der Waals surface area contributed by atoms with Gasteiger partial charge in [-0.05, 0) is 33.1 Å². The van der Waals surface area contributed by atoms with Gasteiger partial charge in [0.2, 0.25) is 0 Å². The maximum Gasteiger partial charge on any atom is 0.0802 e. The number of ether oxygens (including phenoxy) is 1. The topological polar surface area (TPSA) is 9.23 Å². The molecule has 0 bridgehead atoms. The first-order valence-corrected chi connectivity index (χ1v) is 4.46. The van der Waals surface area contributed by atoms with Gasteiger partial charge in [0, 0.05) is 7.11 Å². The molecule has 0 spiro atoms. The molecule has 0 amide bonds. The third-order valence-corrected chi connectivity index (χ3v) is 1.82. The summed E-state index contributed by atoms with van der Waals surface area (Å²) in [5.74, 6) is 0. The normalized spacial score (nSPS) is 12.2. The summed E-state index contributed by atoms with van der Waals surface area (Å²) < 4.78 is 5.24. The van der Waals surface area contributed by atoms with Crippen molar-refractivity contribution in [1.82, 2.24) is 0 Å². The van der Waals surface area contributed by atoms with Gasteiger partial charge >= 0.3 is 0 Å². The molecule has 0 radical (unpaired) electrons. The maximum absolute atomic E-state index is 5.24. The third kappa shape index (κ3) is 6.17. The van der Waals surface area contributed by atoms with E-state index in [4.69, 9.17) is 4.74 Å². The van der Waals surface area contributed by atoms with Crippen LogP contribution in [0.25, 0.3) is 0 Å². The zero-order valence-electron chi connectivity index (χ0n) is 8.47. The molecule has 0 aromatic rings. The van der Waals surface area contributed by atoms with E-state index in [1.807, 2.05) is 6.08 Å². The van der Waals surface area contributed by atoms with Gasteiger partial charge in [0.05, 0.1) is 5.60 Å². The lowest BCUT2D eigenvalue weighted by Gasteiger charge is -2.17. The Kier molecular flexibility index (Phi) is 5.73. The minimum atomic E-state index is -0.117.